The number of thioether (sulfide) groups is 1. The van der Waals surface area contributed by atoms with Crippen molar-refractivity contribution in [2.75, 3.05) is 6.54 Å². The van der Waals surface area contributed by atoms with Gasteiger partial charge in [0.2, 0.25) is 0 Å². The summed E-state index contributed by atoms with van der Waals surface area (Å²) in [6.07, 6.45) is 1.68. The first kappa shape index (κ1) is 20.2. The molecule has 0 atom stereocenters. The average Bonchev–Trinajstić information content (AvgIpc) is 2.94. The third kappa shape index (κ3) is 4.45. The lowest BCUT2D eigenvalue weighted by atomic mass is 10.1. The molecule has 2 aromatic carbocycles. The molecule has 28 heavy (non-hydrogen) atoms. The number of hydrogen-bond acceptors (Lipinski definition) is 5. The van der Waals surface area contributed by atoms with Crippen molar-refractivity contribution in [3.05, 3.63) is 68.5 Å². The fraction of sp³-hybridized carbons (Fsp3) is 0.150. The van der Waals surface area contributed by atoms with E-state index in [1.165, 1.54) is 17.0 Å². The zero-order valence-electron chi connectivity index (χ0n) is 14.8. The molecule has 0 saturated carbocycles. The van der Waals surface area contributed by atoms with Gasteiger partial charge in [-0.2, -0.15) is 0 Å². The number of carbonyl (C=O) groups is 3. The number of carboxylic acid groups (broad SMARTS) is 1. The van der Waals surface area contributed by atoms with E-state index in [1.54, 1.807) is 37.3 Å². The second kappa shape index (κ2) is 8.62. The van der Waals surface area contributed by atoms with Crippen LogP contribution in [0, 0.1) is 0 Å². The predicted molar refractivity (Wildman–Crippen MR) is 110 cm³/mol. The van der Waals surface area contributed by atoms with Crippen LogP contribution in [0.1, 0.15) is 28.4 Å². The molecular weight excluding hydrogens is 446 g/mol. The van der Waals surface area contributed by atoms with Gasteiger partial charge in [0.1, 0.15) is 12.4 Å². The second-order valence-corrected chi connectivity index (χ2v) is 7.75. The first-order valence-corrected chi connectivity index (χ1v) is 10.00. The molecule has 1 fully saturated rings. The highest BCUT2D eigenvalue weighted by Crippen LogP contribution is 2.33. The van der Waals surface area contributed by atoms with E-state index in [2.05, 4.69) is 15.9 Å². The van der Waals surface area contributed by atoms with E-state index in [-0.39, 0.29) is 23.3 Å². The summed E-state index contributed by atoms with van der Waals surface area (Å²) >= 11 is 4.38. The van der Waals surface area contributed by atoms with Crippen molar-refractivity contribution in [2.45, 2.75) is 13.5 Å². The Morgan fingerprint density at radius 3 is 2.50 bits per heavy atom. The first-order chi connectivity index (χ1) is 13.4. The van der Waals surface area contributed by atoms with Crippen LogP contribution in [0.25, 0.3) is 6.08 Å². The van der Waals surface area contributed by atoms with Crippen molar-refractivity contribution in [2.24, 2.45) is 0 Å². The molecule has 0 radical (unpaired) electrons. The minimum absolute atomic E-state index is 0.224. The summed E-state index contributed by atoms with van der Waals surface area (Å²) in [5, 5.41) is 8.66. The molecule has 0 spiro atoms. The van der Waals surface area contributed by atoms with Crippen molar-refractivity contribution >= 4 is 50.9 Å². The van der Waals surface area contributed by atoms with Crippen molar-refractivity contribution < 1.29 is 24.2 Å². The van der Waals surface area contributed by atoms with E-state index in [9.17, 15) is 14.4 Å². The maximum Gasteiger partial charge on any atom is 0.335 e. The Morgan fingerprint density at radius 1 is 1.21 bits per heavy atom. The Bertz CT molecular complexity index is 971. The van der Waals surface area contributed by atoms with Crippen molar-refractivity contribution in [3.8, 4) is 5.75 Å². The Morgan fingerprint density at radius 2 is 1.93 bits per heavy atom. The summed E-state index contributed by atoms with van der Waals surface area (Å²) in [5.41, 5.74) is 1.84. The number of amides is 2. The lowest BCUT2D eigenvalue weighted by molar-refractivity contribution is -0.122. The third-order valence-corrected chi connectivity index (χ3v) is 5.57. The van der Waals surface area contributed by atoms with Crippen LogP contribution in [0.4, 0.5) is 4.79 Å². The summed E-state index contributed by atoms with van der Waals surface area (Å²) in [4.78, 5) is 36.4. The molecular formula is C20H16BrNO5S. The smallest absolute Gasteiger partial charge is 0.335 e. The number of aromatic carboxylic acids is 1. The van der Waals surface area contributed by atoms with Gasteiger partial charge in [0, 0.05) is 6.54 Å². The minimum Gasteiger partial charge on any atom is -0.488 e. The second-order valence-electron chi connectivity index (χ2n) is 5.91. The van der Waals surface area contributed by atoms with Crippen LogP contribution in [-0.2, 0) is 11.4 Å². The number of halogens is 1. The highest BCUT2D eigenvalue weighted by atomic mass is 79.9. The maximum atomic E-state index is 12.2. The Labute approximate surface area is 174 Å². The molecule has 0 unspecified atom stereocenters. The molecule has 1 aliphatic heterocycles. The molecule has 1 N–H and O–H groups in total. The van der Waals surface area contributed by atoms with Crippen LogP contribution < -0.4 is 4.74 Å². The number of carbonyl (C=O) groups excluding carboxylic acids is 2. The summed E-state index contributed by atoms with van der Waals surface area (Å²) in [6.45, 7) is 2.40. The minimum atomic E-state index is -0.970. The molecule has 1 aliphatic rings. The van der Waals surface area contributed by atoms with Gasteiger partial charge in [-0.05, 0) is 76.1 Å². The van der Waals surface area contributed by atoms with E-state index in [0.29, 0.717) is 21.7 Å². The maximum absolute atomic E-state index is 12.2. The normalized spacial score (nSPS) is 15.4. The monoisotopic (exact) mass is 461 g/mol. The van der Waals surface area contributed by atoms with Gasteiger partial charge in [-0.1, -0.05) is 18.2 Å². The molecule has 144 valence electrons. The molecule has 2 amide bonds. The van der Waals surface area contributed by atoms with Gasteiger partial charge in [-0.25, -0.2) is 4.79 Å². The van der Waals surface area contributed by atoms with Gasteiger partial charge in [0.15, 0.2) is 0 Å². The highest BCUT2D eigenvalue weighted by molar-refractivity contribution is 9.10. The van der Waals surface area contributed by atoms with Crippen LogP contribution in [0.5, 0.6) is 5.75 Å². The number of nitrogens with zero attached hydrogens (tertiary/aromatic N) is 1. The number of imide groups is 1. The molecule has 1 saturated heterocycles. The molecule has 0 aromatic heterocycles. The molecule has 2 aromatic rings. The largest absolute Gasteiger partial charge is 0.488 e. The van der Waals surface area contributed by atoms with E-state index in [0.717, 1.165) is 22.9 Å². The first-order valence-electron chi connectivity index (χ1n) is 8.39. The van der Waals surface area contributed by atoms with Crippen LogP contribution >= 0.6 is 27.7 Å². The molecule has 1 heterocycles. The van der Waals surface area contributed by atoms with Crippen LogP contribution in [0.2, 0.25) is 0 Å². The van der Waals surface area contributed by atoms with Gasteiger partial charge < -0.3 is 9.84 Å². The number of rotatable bonds is 6. The number of carboxylic acids is 1. The Hall–Kier alpha value is -2.58. The molecule has 0 bridgehead atoms. The number of likely N-dealkylation sites (N-methyl/N-ethyl adjacent to an activating group) is 1. The van der Waals surface area contributed by atoms with Crippen LogP contribution in [0.3, 0.4) is 0 Å². The Balaban J connectivity index is 1.69. The van der Waals surface area contributed by atoms with Crippen LogP contribution in [0.15, 0.2) is 51.8 Å². The van der Waals surface area contributed by atoms with E-state index in [4.69, 9.17) is 9.84 Å². The topological polar surface area (TPSA) is 83.9 Å². The SMILES string of the molecule is CCN1C(=O)S/C(=C/c2ccc(OCc3ccc(C(=O)O)cc3)c(Br)c2)C1=O. The lowest BCUT2D eigenvalue weighted by Crippen LogP contribution is -2.27. The third-order valence-electron chi connectivity index (χ3n) is 4.04. The van der Waals surface area contributed by atoms with Crippen molar-refractivity contribution in [1.29, 1.82) is 0 Å². The summed E-state index contributed by atoms with van der Waals surface area (Å²) in [7, 11) is 0. The quantitative estimate of drug-likeness (QED) is 0.622. The zero-order chi connectivity index (χ0) is 20.3. The fourth-order valence-corrected chi connectivity index (χ4v) is 3.97. The van der Waals surface area contributed by atoms with E-state index in [1.807, 2.05) is 6.07 Å². The molecule has 0 aliphatic carbocycles. The van der Waals surface area contributed by atoms with Gasteiger partial charge in [-0.15, -0.1) is 0 Å². The van der Waals surface area contributed by atoms with Crippen LogP contribution in [-0.4, -0.2) is 33.7 Å². The lowest BCUT2D eigenvalue weighted by Gasteiger charge is -2.09. The fourth-order valence-electron chi connectivity index (χ4n) is 2.55. The average molecular weight is 462 g/mol. The Kier molecular flexibility index (Phi) is 6.21. The van der Waals surface area contributed by atoms with Gasteiger partial charge in [0.05, 0.1) is 14.9 Å². The highest BCUT2D eigenvalue weighted by Gasteiger charge is 2.33. The standard InChI is InChI=1S/C20H16BrNO5S/c1-2-22-18(23)17(28-20(22)26)10-13-5-8-16(15(21)9-13)27-11-12-3-6-14(7-4-12)19(24)25/h3-10H,2,11H2,1H3,(H,24,25)/b17-10+. The van der Waals surface area contributed by atoms with Gasteiger partial charge in [0.25, 0.3) is 11.1 Å². The number of benzene rings is 2. The van der Waals surface area contributed by atoms with E-state index < -0.39 is 5.97 Å². The predicted octanol–water partition coefficient (Wildman–Crippen LogP) is 4.78. The van der Waals surface area contributed by atoms with Crippen molar-refractivity contribution in [1.82, 2.24) is 4.90 Å². The van der Waals surface area contributed by atoms with E-state index >= 15 is 0 Å². The zero-order valence-corrected chi connectivity index (χ0v) is 17.2. The summed E-state index contributed by atoms with van der Waals surface area (Å²) < 4.78 is 6.48. The molecule has 8 heteroatoms. The van der Waals surface area contributed by atoms with Crippen molar-refractivity contribution in [3.63, 3.8) is 0 Å². The van der Waals surface area contributed by atoms with Gasteiger partial charge >= 0.3 is 5.97 Å². The molecule has 3 rings (SSSR count). The number of ether oxygens (including phenoxy) is 1. The number of hydrogen-bond donors (Lipinski definition) is 1. The summed E-state index contributed by atoms with van der Waals surface area (Å²) in [6, 6.07) is 11.8. The molecule has 6 nitrogen and oxygen atoms in total. The summed E-state index contributed by atoms with van der Waals surface area (Å²) in [5.74, 6) is -0.637. The van der Waals surface area contributed by atoms with Gasteiger partial charge in [-0.3, -0.25) is 14.5 Å².